The van der Waals surface area contributed by atoms with Gasteiger partial charge in [0, 0.05) is 25.5 Å². The predicted octanol–water partition coefficient (Wildman–Crippen LogP) is 1.61. The molecule has 0 saturated heterocycles. The summed E-state index contributed by atoms with van der Waals surface area (Å²) in [6, 6.07) is 7.68. The van der Waals surface area contributed by atoms with Crippen LogP contribution in [0.1, 0.15) is 6.92 Å². The van der Waals surface area contributed by atoms with E-state index in [0.29, 0.717) is 12.3 Å². The van der Waals surface area contributed by atoms with Crippen LogP contribution in [0.5, 0.6) is 0 Å². The molecule has 1 amide bonds. The van der Waals surface area contributed by atoms with Gasteiger partial charge >= 0.3 is 0 Å². The highest BCUT2D eigenvalue weighted by Crippen LogP contribution is 2.20. The minimum absolute atomic E-state index is 0.408. The molecular weight excluding hydrogens is 244 g/mol. The second-order valence-corrected chi connectivity index (χ2v) is 4.44. The molecule has 19 heavy (non-hydrogen) atoms. The van der Waals surface area contributed by atoms with Gasteiger partial charge in [0.25, 0.3) is 5.91 Å². The number of aliphatic hydroxyl groups excluding tert-OH is 1. The molecule has 0 fully saturated rings. The summed E-state index contributed by atoms with van der Waals surface area (Å²) in [5.41, 5.74) is 1.70. The van der Waals surface area contributed by atoms with E-state index in [1.807, 2.05) is 30.5 Å². The average molecular weight is 262 g/mol. The number of aliphatic hydroxyl groups is 1. The van der Waals surface area contributed by atoms with E-state index in [-0.39, 0.29) is 0 Å². The van der Waals surface area contributed by atoms with E-state index in [1.54, 1.807) is 7.11 Å². The third-order valence-corrected chi connectivity index (χ3v) is 2.96. The van der Waals surface area contributed by atoms with Crippen LogP contribution >= 0.6 is 0 Å². The van der Waals surface area contributed by atoms with Crippen molar-refractivity contribution in [3.8, 4) is 0 Å². The number of carbonyl (C=O) groups is 1. The third-order valence-electron chi connectivity index (χ3n) is 2.96. The van der Waals surface area contributed by atoms with Gasteiger partial charge < -0.3 is 19.7 Å². The summed E-state index contributed by atoms with van der Waals surface area (Å²) in [4.78, 5) is 11.5. The molecule has 1 heterocycles. The maximum Gasteiger partial charge on any atom is 0.252 e. The summed E-state index contributed by atoms with van der Waals surface area (Å²) in [7, 11) is 1.67. The first kappa shape index (κ1) is 13.6. The van der Waals surface area contributed by atoms with E-state index in [4.69, 9.17) is 4.74 Å². The number of anilines is 1. The fraction of sp³-hybridized carbons (Fsp3) is 0.357. The zero-order valence-corrected chi connectivity index (χ0v) is 11.1. The average Bonchev–Trinajstić information content (AvgIpc) is 2.78. The lowest BCUT2D eigenvalue weighted by molar-refractivity contribution is -0.123. The second-order valence-electron chi connectivity index (χ2n) is 4.44. The number of hydrogen-bond donors (Lipinski definition) is 2. The van der Waals surface area contributed by atoms with Gasteiger partial charge in [-0.15, -0.1) is 0 Å². The Labute approximate surface area is 111 Å². The Balaban J connectivity index is 2.25. The van der Waals surface area contributed by atoms with Crippen LogP contribution in [0.25, 0.3) is 10.9 Å². The highest BCUT2D eigenvalue weighted by Gasteiger charge is 2.09. The van der Waals surface area contributed by atoms with Crippen molar-refractivity contribution in [2.45, 2.75) is 19.6 Å². The molecule has 1 unspecified atom stereocenters. The molecule has 1 atom stereocenters. The number of fused-ring (bicyclic) bond motifs is 1. The fourth-order valence-electron chi connectivity index (χ4n) is 1.89. The van der Waals surface area contributed by atoms with Crippen LogP contribution in [-0.2, 0) is 16.1 Å². The molecule has 0 aliphatic carbocycles. The Bertz CT molecular complexity index is 575. The number of hydrogen-bond acceptors (Lipinski definition) is 3. The Kier molecular flexibility index (Phi) is 4.19. The molecule has 0 saturated carbocycles. The lowest BCUT2D eigenvalue weighted by atomic mass is 10.2. The normalized spacial score (nSPS) is 12.6. The summed E-state index contributed by atoms with van der Waals surface area (Å²) >= 11 is 0. The molecule has 5 heteroatoms. The maximum absolute atomic E-state index is 11.5. The van der Waals surface area contributed by atoms with Crippen molar-refractivity contribution in [3.63, 3.8) is 0 Å². The predicted molar refractivity (Wildman–Crippen MR) is 74.1 cm³/mol. The molecule has 0 bridgehead atoms. The molecule has 1 aromatic heterocycles. The molecular formula is C14H18N2O3. The molecule has 1 aromatic carbocycles. The maximum atomic E-state index is 11.5. The standard InChI is InChI=1S/C14H18N2O3/c1-10(17)14(18)15-12-4-3-11-5-6-16(7-8-19-2)13(11)9-12/h3-6,9-10,17H,7-8H2,1-2H3,(H,15,18). The van der Waals surface area contributed by atoms with E-state index in [0.717, 1.165) is 17.4 Å². The molecule has 2 rings (SSSR count). The number of ether oxygens (including phenoxy) is 1. The van der Waals surface area contributed by atoms with Crippen LogP contribution in [0.2, 0.25) is 0 Å². The van der Waals surface area contributed by atoms with E-state index in [2.05, 4.69) is 9.88 Å². The van der Waals surface area contributed by atoms with Crippen LogP contribution < -0.4 is 5.32 Å². The van der Waals surface area contributed by atoms with Gasteiger partial charge in [0.15, 0.2) is 0 Å². The smallest absolute Gasteiger partial charge is 0.252 e. The molecule has 0 aliphatic heterocycles. The number of carbonyl (C=O) groups excluding carboxylic acids is 1. The number of methoxy groups -OCH3 is 1. The van der Waals surface area contributed by atoms with Crippen LogP contribution in [0.15, 0.2) is 30.5 Å². The Hall–Kier alpha value is -1.85. The van der Waals surface area contributed by atoms with Gasteiger partial charge in [0.05, 0.1) is 12.1 Å². The number of nitrogens with one attached hydrogen (secondary N) is 1. The van der Waals surface area contributed by atoms with Crippen molar-refractivity contribution in [1.29, 1.82) is 0 Å². The first-order valence-electron chi connectivity index (χ1n) is 6.18. The molecule has 102 valence electrons. The molecule has 2 aromatic rings. The van der Waals surface area contributed by atoms with Crippen molar-refractivity contribution in [1.82, 2.24) is 4.57 Å². The topological polar surface area (TPSA) is 63.5 Å². The van der Waals surface area contributed by atoms with E-state index in [9.17, 15) is 9.90 Å². The zero-order chi connectivity index (χ0) is 13.8. The third kappa shape index (κ3) is 3.13. The molecule has 0 spiro atoms. The quantitative estimate of drug-likeness (QED) is 0.860. The van der Waals surface area contributed by atoms with Crippen LogP contribution in [-0.4, -0.2) is 35.4 Å². The lowest BCUT2D eigenvalue weighted by Crippen LogP contribution is -2.24. The van der Waals surface area contributed by atoms with Gasteiger partial charge in [-0.2, -0.15) is 0 Å². The Morgan fingerprint density at radius 1 is 1.47 bits per heavy atom. The first-order valence-corrected chi connectivity index (χ1v) is 6.18. The van der Waals surface area contributed by atoms with Crippen molar-refractivity contribution >= 4 is 22.5 Å². The van der Waals surface area contributed by atoms with Gasteiger partial charge in [-0.1, -0.05) is 6.07 Å². The van der Waals surface area contributed by atoms with E-state index < -0.39 is 12.0 Å². The number of nitrogens with zero attached hydrogens (tertiary/aromatic N) is 1. The van der Waals surface area contributed by atoms with E-state index in [1.165, 1.54) is 6.92 Å². The lowest BCUT2D eigenvalue weighted by Gasteiger charge is -2.09. The van der Waals surface area contributed by atoms with Gasteiger partial charge in [0.2, 0.25) is 0 Å². The number of amides is 1. The van der Waals surface area contributed by atoms with Gasteiger partial charge in [-0.25, -0.2) is 0 Å². The van der Waals surface area contributed by atoms with Crippen LogP contribution in [0.4, 0.5) is 5.69 Å². The van der Waals surface area contributed by atoms with Crippen molar-refractivity contribution in [2.24, 2.45) is 0 Å². The highest BCUT2D eigenvalue weighted by atomic mass is 16.5. The number of benzene rings is 1. The SMILES string of the molecule is COCCn1ccc2ccc(NC(=O)C(C)O)cc21. The number of aromatic nitrogens is 1. The van der Waals surface area contributed by atoms with Crippen LogP contribution in [0, 0.1) is 0 Å². The summed E-state index contributed by atoms with van der Waals surface area (Å²) in [5.74, 6) is -0.408. The van der Waals surface area contributed by atoms with Crippen molar-refractivity contribution in [3.05, 3.63) is 30.5 Å². The van der Waals surface area contributed by atoms with Gasteiger partial charge in [-0.3, -0.25) is 4.79 Å². The minimum Gasteiger partial charge on any atom is -0.384 e. The van der Waals surface area contributed by atoms with Crippen molar-refractivity contribution in [2.75, 3.05) is 19.0 Å². The monoisotopic (exact) mass is 262 g/mol. The summed E-state index contributed by atoms with van der Waals surface area (Å²) in [6.07, 6.45) is 0.972. The van der Waals surface area contributed by atoms with Gasteiger partial charge in [0.1, 0.15) is 6.10 Å². The highest BCUT2D eigenvalue weighted by molar-refractivity contribution is 5.95. The minimum atomic E-state index is -1.02. The Morgan fingerprint density at radius 2 is 2.26 bits per heavy atom. The summed E-state index contributed by atoms with van der Waals surface area (Å²) in [6.45, 7) is 2.83. The van der Waals surface area contributed by atoms with Crippen LogP contribution in [0.3, 0.4) is 0 Å². The summed E-state index contributed by atoms with van der Waals surface area (Å²) in [5, 5.41) is 13.0. The molecule has 5 nitrogen and oxygen atoms in total. The van der Waals surface area contributed by atoms with E-state index >= 15 is 0 Å². The second kappa shape index (κ2) is 5.86. The largest absolute Gasteiger partial charge is 0.384 e. The van der Waals surface area contributed by atoms with Gasteiger partial charge in [-0.05, 0) is 30.5 Å². The fourth-order valence-corrected chi connectivity index (χ4v) is 1.89. The first-order chi connectivity index (χ1) is 9.11. The summed E-state index contributed by atoms with van der Waals surface area (Å²) < 4.78 is 7.13. The zero-order valence-electron chi connectivity index (χ0n) is 11.1. The Morgan fingerprint density at radius 3 is 2.95 bits per heavy atom. The molecule has 2 N–H and O–H groups in total. The van der Waals surface area contributed by atoms with Crippen molar-refractivity contribution < 1.29 is 14.6 Å². The molecule has 0 radical (unpaired) electrons. The molecule has 0 aliphatic rings. The number of rotatable bonds is 5.